The Morgan fingerprint density at radius 2 is 2.21 bits per heavy atom. The molecule has 76 valence electrons. The van der Waals surface area contributed by atoms with Gasteiger partial charge in [-0.25, -0.2) is 4.98 Å². The average molecular weight is 194 g/mol. The molecular formula is C10H14N2O2. The van der Waals surface area contributed by atoms with Crippen molar-refractivity contribution in [3.63, 3.8) is 0 Å². The lowest BCUT2D eigenvalue weighted by atomic mass is 10.2. The Labute approximate surface area is 83.3 Å². The number of carbonyl (C=O) groups excluding carboxylic acids is 1. The number of hydrogen-bond donors (Lipinski definition) is 0. The van der Waals surface area contributed by atoms with Gasteiger partial charge in [-0.05, 0) is 6.92 Å². The van der Waals surface area contributed by atoms with Crippen LogP contribution in [-0.4, -0.2) is 22.4 Å². The van der Waals surface area contributed by atoms with Crippen molar-refractivity contribution in [3.05, 3.63) is 18.1 Å². The summed E-state index contributed by atoms with van der Waals surface area (Å²) in [4.78, 5) is 19.2. The monoisotopic (exact) mass is 194 g/mol. The summed E-state index contributed by atoms with van der Waals surface area (Å²) >= 11 is 0. The zero-order chi connectivity index (χ0) is 10.4. The molecule has 14 heavy (non-hydrogen) atoms. The van der Waals surface area contributed by atoms with E-state index in [0.29, 0.717) is 31.0 Å². The first-order valence-electron chi connectivity index (χ1n) is 4.71. The van der Waals surface area contributed by atoms with Crippen LogP contribution in [0.5, 0.6) is 5.88 Å². The van der Waals surface area contributed by atoms with E-state index in [-0.39, 0.29) is 5.78 Å². The molecule has 1 aromatic heterocycles. The standard InChI is InChI=1S/C10H14N2O2/c1-3-9(13)5-8-6-11-7-10(12-8)14-4-2/h6-7H,3-5H2,1-2H3. The third kappa shape index (κ3) is 3.12. The van der Waals surface area contributed by atoms with Crippen LogP contribution in [0.25, 0.3) is 0 Å². The fraction of sp³-hybridized carbons (Fsp3) is 0.500. The topological polar surface area (TPSA) is 52.1 Å². The summed E-state index contributed by atoms with van der Waals surface area (Å²) in [5, 5.41) is 0. The third-order valence-corrected chi connectivity index (χ3v) is 1.73. The summed E-state index contributed by atoms with van der Waals surface area (Å²) in [6, 6.07) is 0. The molecule has 0 aliphatic rings. The highest BCUT2D eigenvalue weighted by atomic mass is 16.5. The Hall–Kier alpha value is -1.45. The van der Waals surface area contributed by atoms with Crippen LogP contribution in [0.2, 0.25) is 0 Å². The van der Waals surface area contributed by atoms with E-state index in [1.54, 1.807) is 12.4 Å². The van der Waals surface area contributed by atoms with E-state index in [0.717, 1.165) is 0 Å². The molecule has 0 amide bonds. The maximum atomic E-state index is 11.1. The van der Waals surface area contributed by atoms with E-state index in [2.05, 4.69) is 9.97 Å². The molecule has 0 atom stereocenters. The molecule has 0 aliphatic heterocycles. The molecule has 0 saturated heterocycles. The Morgan fingerprint density at radius 1 is 1.43 bits per heavy atom. The number of aromatic nitrogens is 2. The molecular weight excluding hydrogens is 180 g/mol. The van der Waals surface area contributed by atoms with Crippen LogP contribution in [0.1, 0.15) is 26.0 Å². The fourth-order valence-electron chi connectivity index (χ4n) is 1.02. The highest BCUT2D eigenvalue weighted by molar-refractivity contribution is 5.80. The normalized spacial score (nSPS) is 9.86. The van der Waals surface area contributed by atoms with Gasteiger partial charge in [-0.3, -0.25) is 9.78 Å². The smallest absolute Gasteiger partial charge is 0.232 e. The second kappa shape index (κ2) is 5.32. The van der Waals surface area contributed by atoms with Crippen molar-refractivity contribution in [2.75, 3.05) is 6.61 Å². The fourth-order valence-corrected chi connectivity index (χ4v) is 1.02. The number of hydrogen-bond acceptors (Lipinski definition) is 4. The largest absolute Gasteiger partial charge is 0.477 e. The van der Waals surface area contributed by atoms with Crippen molar-refractivity contribution in [3.8, 4) is 5.88 Å². The van der Waals surface area contributed by atoms with Gasteiger partial charge in [0, 0.05) is 12.6 Å². The van der Waals surface area contributed by atoms with Gasteiger partial charge in [-0.1, -0.05) is 6.92 Å². The first kappa shape index (κ1) is 10.6. The van der Waals surface area contributed by atoms with Crippen LogP contribution >= 0.6 is 0 Å². The van der Waals surface area contributed by atoms with Crippen molar-refractivity contribution in [2.45, 2.75) is 26.7 Å². The van der Waals surface area contributed by atoms with E-state index in [9.17, 15) is 4.79 Å². The van der Waals surface area contributed by atoms with Gasteiger partial charge in [0.05, 0.1) is 24.9 Å². The van der Waals surface area contributed by atoms with Gasteiger partial charge < -0.3 is 4.74 Å². The second-order valence-electron chi connectivity index (χ2n) is 2.85. The van der Waals surface area contributed by atoms with Crippen molar-refractivity contribution < 1.29 is 9.53 Å². The van der Waals surface area contributed by atoms with Crippen molar-refractivity contribution in [1.82, 2.24) is 9.97 Å². The molecule has 0 aliphatic carbocycles. The summed E-state index contributed by atoms with van der Waals surface area (Å²) in [5.74, 6) is 0.641. The summed E-state index contributed by atoms with van der Waals surface area (Å²) in [7, 11) is 0. The lowest BCUT2D eigenvalue weighted by Crippen LogP contribution is -2.04. The van der Waals surface area contributed by atoms with Crippen molar-refractivity contribution >= 4 is 5.78 Å². The Bertz CT molecular complexity index is 313. The highest BCUT2D eigenvalue weighted by Crippen LogP contribution is 2.06. The highest BCUT2D eigenvalue weighted by Gasteiger charge is 2.04. The molecule has 0 unspecified atom stereocenters. The molecule has 0 radical (unpaired) electrons. The SMILES string of the molecule is CCOc1cncc(CC(=O)CC)n1. The van der Waals surface area contributed by atoms with E-state index < -0.39 is 0 Å². The van der Waals surface area contributed by atoms with Gasteiger partial charge in [0.2, 0.25) is 5.88 Å². The molecule has 1 heterocycles. The van der Waals surface area contributed by atoms with Crippen LogP contribution in [0.3, 0.4) is 0 Å². The van der Waals surface area contributed by atoms with Gasteiger partial charge in [-0.15, -0.1) is 0 Å². The minimum atomic E-state index is 0.160. The number of rotatable bonds is 5. The van der Waals surface area contributed by atoms with Crippen molar-refractivity contribution in [1.29, 1.82) is 0 Å². The maximum Gasteiger partial charge on any atom is 0.232 e. The van der Waals surface area contributed by atoms with Crippen LogP contribution in [0.4, 0.5) is 0 Å². The minimum absolute atomic E-state index is 0.160. The molecule has 0 bridgehead atoms. The van der Waals surface area contributed by atoms with E-state index in [1.165, 1.54) is 0 Å². The average Bonchev–Trinajstić information content (AvgIpc) is 2.19. The quantitative estimate of drug-likeness (QED) is 0.710. The molecule has 1 aromatic rings. The van der Waals surface area contributed by atoms with Gasteiger partial charge in [0.25, 0.3) is 0 Å². The number of Topliss-reactive ketones (excluding diaryl/α,β-unsaturated/α-hetero) is 1. The number of carbonyl (C=O) groups is 1. The van der Waals surface area contributed by atoms with Gasteiger partial charge >= 0.3 is 0 Å². The Kier molecular flexibility index (Phi) is 4.04. The predicted octanol–water partition coefficient (Wildman–Crippen LogP) is 1.40. The molecule has 1 rings (SSSR count). The molecule has 0 saturated carbocycles. The predicted molar refractivity (Wildman–Crippen MR) is 52.2 cm³/mol. The zero-order valence-corrected chi connectivity index (χ0v) is 8.49. The minimum Gasteiger partial charge on any atom is -0.477 e. The number of nitrogens with zero attached hydrogens (tertiary/aromatic N) is 2. The summed E-state index contributed by atoms with van der Waals surface area (Å²) < 4.78 is 5.18. The first-order chi connectivity index (χ1) is 6.76. The molecule has 0 spiro atoms. The Balaban J connectivity index is 2.68. The van der Waals surface area contributed by atoms with Crippen LogP contribution in [0.15, 0.2) is 12.4 Å². The summed E-state index contributed by atoms with van der Waals surface area (Å²) in [6.45, 7) is 4.27. The third-order valence-electron chi connectivity index (χ3n) is 1.73. The molecule has 0 N–H and O–H groups in total. The van der Waals surface area contributed by atoms with Crippen LogP contribution in [-0.2, 0) is 11.2 Å². The van der Waals surface area contributed by atoms with E-state index in [4.69, 9.17) is 4.74 Å². The molecule has 4 heteroatoms. The van der Waals surface area contributed by atoms with Gasteiger partial charge in [0.1, 0.15) is 5.78 Å². The van der Waals surface area contributed by atoms with E-state index in [1.807, 2.05) is 13.8 Å². The second-order valence-corrected chi connectivity index (χ2v) is 2.85. The Morgan fingerprint density at radius 3 is 2.86 bits per heavy atom. The maximum absolute atomic E-state index is 11.1. The number of ketones is 1. The summed E-state index contributed by atoms with van der Waals surface area (Å²) in [6.07, 6.45) is 4.00. The molecule has 0 aromatic carbocycles. The first-order valence-corrected chi connectivity index (χ1v) is 4.71. The van der Waals surface area contributed by atoms with Gasteiger partial charge in [0.15, 0.2) is 0 Å². The lowest BCUT2D eigenvalue weighted by Gasteiger charge is -2.02. The number of ether oxygens (including phenoxy) is 1. The van der Waals surface area contributed by atoms with Gasteiger partial charge in [-0.2, -0.15) is 0 Å². The van der Waals surface area contributed by atoms with Crippen LogP contribution in [0, 0.1) is 0 Å². The van der Waals surface area contributed by atoms with E-state index >= 15 is 0 Å². The molecule has 0 fully saturated rings. The lowest BCUT2D eigenvalue weighted by molar-refractivity contribution is -0.118. The van der Waals surface area contributed by atoms with Crippen molar-refractivity contribution in [2.24, 2.45) is 0 Å². The zero-order valence-electron chi connectivity index (χ0n) is 8.49. The van der Waals surface area contributed by atoms with Crippen LogP contribution < -0.4 is 4.74 Å². The summed E-state index contributed by atoms with van der Waals surface area (Å²) in [5.41, 5.74) is 0.669. The molecule has 4 nitrogen and oxygen atoms in total.